The van der Waals surface area contributed by atoms with Crippen molar-refractivity contribution in [3.05, 3.63) is 121 Å². The van der Waals surface area contributed by atoms with E-state index in [1.807, 2.05) is 91.0 Å². The number of carbonyl (C=O) groups is 1. The summed E-state index contributed by atoms with van der Waals surface area (Å²) < 4.78 is 31.9. The van der Waals surface area contributed by atoms with E-state index in [-0.39, 0.29) is 5.95 Å². The van der Waals surface area contributed by atoms with E-state index in [0.717, 1.165) is 85.4 Å². The Bertz CT molecular complexity index is 2750. The van der Waals surface area contributed by atoms with Gasteiger partial charge in [-0.25, -0.2) is 4.79 Å². The summed E-state index contributed by atoms with van der Waals surface area (Å²) in [4.78, 5) is 28.2. The number of unbranched alkanes of at least 4 members (excludes halogenated alkanes) is 36. The van der Waals surface area contributed by atoms with Crippen molar-refractivity contribution in [2.75, 3.05) is 42.4 Å². The summed E-state index contributed by atoms with van der Waals surface area (Å²) in [5, 5.41) is 10.4. The third-order valence-electron chi connectivity index (χ3n) is 17.6. The molecule has 0 atom stereocenters. The summed E-state index contributed by atoms with van der Waals surface area (Å²) in [5.41, 5.74) is 4.71. The number of esters is 1. The van der Waals surface area contributed by atoms with E-state index in [0.29, 0.717) is 66.8 Å². The molecule has 3 N–H and O–H groups in total. The van der Waals surface area contributed by atoms with Crippen molar-refractivity contribution in [1.82, 2.24) is 15.0 Å². The Hall–Kier alpha value is -6.82. The number of aromatic nitrogens is 3. The summed E-state index contributed by atoms with van der Waals surface area (Å²) in [5.74, 6) is 3.80. The highest BCUT2D eigenvalue weighted by Gasteiger charge is 2.16. The first-order valence-corrected chi connectivity index (χ1v) is 37.8. The van der Waals surface area contributed by atoms with Gasteiger partial charge >= 0.3 is 5.97 Å². The largest absolute Gasteiger partial charge is 0.490 e. The molecule has 0 amide bonds. The molecule has 94 heavy (non-hydrogen) atoms. The molecule has 0 saturated heterocycles. The molecule has 0 radical (unpaired) electrons. The maximum atomic E-state index is 13.4. The fourth-order valence-corrected chi connectivity index (χ4v) is 11.9. The van der Waals surface area contributed by atoms with Gasteiger partial charge in [-0.3, -0.25) is 0 Å². The fraction of sp³-hybridized carbons (Fsp3) is 0.585. The molecule has 6 aromatic rings. The van der Waals surface area contributed by atoms with Gasteiger partial charge in [-0.15, -0.1) is 0 Å². The van der Waals surface area contributed by atoms with Crippen molar-refractivity contribution in [3.8, 4) is 39.9 Å². The van der Waals surface area contributed by atoms with Crippen molar-refractivity contribution in [1.29, 1.82) is 0 Å². The molecule has 516 valence electrons. The Morgan fingerprint density at radius 1 is 0.298 bits per heavy atom. The highest BCUT2D eigenvalue weighted by molar-refractivity contribution is 5.91. The van der Waals surface area contributed by atoms with Crippen LogP contribution in [-0.4, -0.2) is 47.3 Å². The number of ether oxygens (including phenoxy) is 5. The molecule has 1 heterocycles. The predicted octanol–water partition coefficient (Wildman–Crippen LogP) is 25.2. The summed E-state index contributed by atoms with van der Waals surface area (Å²) in [7, 11) is 0. The van der Waals surface area contributed by atoms with Crippen LogP contribution in [0.2, 0.25) is 0 Å². The van der Waals surface area contributed by atoms with Crippen molar-refractivity contribution in [2.24, 2.45) is 0 Å². The van der Waals surface area contributed by atoms with Crippen LogP contribution in [0.15, 0.2) is 115 Å². The molecule has 12 heteroatoms. The van der Waals surface area contributed by atoms with E-state index in [4.69, 9.17) is 38.6 Å². The number of nitrogens with zero attached hydrogens (tertiary/aromatic N) is 3. The predicted molar refractivity (Wildman–Crippen MR) is 395 cm³/mol. The van der Waals surface area contributed by atoms with Crippen LogP contribution < -0.4 is 39.6 Å². The highest BCUT2D eigenvalue weighted by Crippen LogP contribution is 2.35. The molecule has 0 unspecified atom stereocenters. The van der Waals surface area contributed by atoms with Crippen LogP contribution in [0.25, 0.3) is 11.1 Å². The van der Waals surface area contributed by atoms with Gasteiger partial charge in [0.25, 0.3) is 0 Å². The van der Waals surface area contributed by atoms with Gasteiger partial charge in [0.2, 0.25) is 17.8 Å². The van der Waals surface area contributed by atoms with E-state index in [1.54, 1.807) is 12.1 Å². The Morgan fingerprint density at radius 3 is 0.926 bits per heavy atom. The Morgan fingerprint density at radius 2 is 0.585 bits per heavy atom. The average molecular weight is 1290 g/mol. The zero-order chi connectivity index (χ0) is 66.0. The van der Waals surface area contributed by atoms with Crippen LogP contribution in [0.1, 0.15) is 295 Å². The molecular formula is C82H122N6O6. The van der Waals surface area contributed by atoms with Gasteiger partial charge in [0.1, 0.15) is 5.75 Å². The van der Waals surface area contributed by atoms with E-state index in [1.165, 1.54) is 205 Å². The van der Waals surface area contributed by atoms with Gasteiger partial charge < -0.3 is 39.6 Å². The number of hydrogen-bond acceptors (Lipinski definition) is 12. The minimum Gasteiger partial charge on any atom is -0.490 e. The summed E-state index contributed by atoms with van der Waals surface area (Å²) in [6, 6.07) is 36.8. The van der Waals surface area contributed by atoms with Crippen LogP contribution in [0, 0.1) is 0 Å². The molecule has 6 rings (SSSR count). The molecule has 0 aliphatic rings. The Balaban J connectivity index is 1.18. The maximum absolute atomic E-state index is 13.4. The van der Waals surface area contributed by atoms with Gasteiger partial charge in [-0.05, 0) is 97.5 Å². The van der Waals surface area contributed by atoms with Crippen LogP contribution in [0.5, 0.6) is 28.7 Å². The number of anilines is 6. The number of benzene rings is 5. The SMILES string of the molecule is CCCCCCCCCCCCOc1ccc(Nc2nc(Nc3ccc(C(=O)Oc4ccc(-c5ccccc5)cc4)cc3)nc(Nc3ccc(OCCCCCCCCCCCC)c(OCCCCCCCCCCCC)c3)n2)cc1OCCCCCCCCCCCC. The Labute approximate surface area is 569 Å². The molecule has 0 aliphatic carbocycles. The van der Waals surface area contributed by atoms with E-state index in [9.17, 15) is 4.79 Å². The zero-order valence-electron chi connectivity index (χ0n) is 58.9. The standard InChI is InChI=1S/C82H122N6O6/c1-5-9-13-17-21-25-29-33-37-44-62-90-75-60-56-72(66-77(75)92-64-46-39-35-31-27-23-19-15-11-7-3)84-81-86-80(83-71-54-50-70(51-55-71)79(89)94-74-58-52-69(53-59-74)68-48-42-41-43-49-68)87-82(88-81)85-73-57-61-76(91-63-45-38-34-30-26-22-18-14-10-6-2)78(67-73)93-65-47-40-36-32-28-24-20-16-12-8-4/h41-43,48-61,66-67H,5-40,44-47,62-65H2,1-4H3,(H3,83,84,85,86,87,88). The molecule has 1 aromatic heterocycles. The van der Waals surface area contributed by atoms with Gasteiger partial charge in [0.15, 0.2) is 23.0 Å². The quantitative estimate of drug-likeness (QED) is 0.0190. The van der Waals surface area contributed by atoms with Gasteiger partial charge in [0, 0.05) is 29.2 Å². The first kappa shape index (κ1) is 76.2. The molecule has 12 nitrogen and oxygen atoms in total. The van der Waals surface area contributed by atoms with Crippen molar-refractivity contribution in [2.45, 2.75) is 285 Å². The second-order valence-electron chi connectivity index (χ2n) is 26.0. The van der Waals surface area contributed by atoms with Gasteiger partial charge in [0.05, 0.1) is 32.0 Å². The molecule has 0 bridgehead atoms. The van der Waals surface area contributed by atoms with Gasteiger partial charge in [-0.1, -0.05) is 301 Å². The minimum atomic E-state index is -0.457. The second kappa shape index (κ2) is 49.7. The van der Waals surface area contributed by atoms with E-state index in [2.05, 4.69) is 55.8 Å². The van der Waals surface area contributed by atoms with Crippen LogP contribution in [0.4, 0.5) is 34.9 Å². The normalized spacial score (nSPS) is 11.2. The first-order valence-electron chi connectivity index (χ1n) is 37.8. The van der Waals surface area contributed by atoms with Crippen LogP contribution >= 0.6 is 0 Å². The highest BCUT2D eigenvalue weighted by atomic mass is 16.5. The lowest BCUT2D eigenvalue weighted by Crippen LogP contribution is -2.09. The molecule has 0 spiro atoms. The van der Waals surface area contributed by atoms with Crippen molar-refractivity contribution in [3.63, 3.8) is 0 Å². The average Bonchev–Trinajstić information content (AvgIpc) is 0.955. The fourth-order valence-electron chi connectivity index (χ4n) is 11.9. The molecular weight excluding hydrogens is 1160 g/mol. The number of rotatable bonds is 57. The van der Waals surface area contributed by atoms with Crippen LogP contribution in [-0.2, 0) is 0 Å². The lowest BCUT2D eigenvalue weighted by atomic mass is 10.1. The maximum Gasteiger partial charge on any atom is 0.343 e. The number of carbonyl (C=O) groups excluding carboxylic acids is 1. The van der Waals surface area contributed by atoms with E-state index >= 15 is 0 Å². The summed E-state index contributed by atoms with van der Waals surface area (Å²) in [6.07, 6.45) is 50.6. The molecule has 0 aliphatic heterocycles. The monoisotopic (exact) mass is 1290 g/mol. The molecule has 5 aromatic carbocycles. The molecule has 0 saturated carbocycles. The topological polar surface area (TPSA) is 138 Å². The third kappa shape index (κ3) is 33.0. The Kier molecular flexibility index (Phi) is 40.3. The third-order valence-corrected chi connectivity index (χ3v) is 17.6. The van der Waals surface area contributed by atoms with Crippen molar-refractivity contribution < 1.29 is 28.5 Å². The smallest absolute Gasteiger partial charge is 0.343 e. The minimum absolute atomic E-state index is 0.289. The van der Waals surface area contributed by atoms with E-state index < -0.39 is 5.97 Å². The molecule has 0 fully saturated rings. The summed E-state index contributed by atoms with van der Waals surface area (Å²) in [6.45, 7) is 11.6. The second-order valence-corrected chi connectivity index (χ2v) is 26.0. The first-order chi connectivity index (χ1) is 46.4. The zero-order valence-corrected chi connectivity index (χ0v) is 58.9. The number of hydrogen-bond donors (Lipinski definition) is 3. The van der Waals surface area contributed by atoms with Crippen molar-refractivity contribution >= 4 is 40.9 Å². The summed E-state index contributed by atoms with van der Waals surface area (Å²) >= 11 is 0. The lowest BCUT2D eigenvalue weighted by molar-refractivity contribution is 0.0734. The lowest BCUT2D eigenvalue weighted by Gasteiger charge is -2.16. The van der Waals surface area contributed by atoms with Gasteiger partial charge in [-0.2, -0.15) is 15.0 Å². The number of nitrogens with one attached hydrogen (secondary N) is 3. The van der Waals surface area contributed by atoms with Crippen LogP contribution in [0.3, 0.4) is 0 Å².